The van der Waals surface area contributed by atoms with Crippen molar-refractivity contribution in [1.82, 2.24) is 9.78 Å². The molecule has 0 aliphatic heterocycles. The molecule has 3 rings (SSSR count). The fourth-order valence-corrected chi connectivity index (χ4v) is 2.88. The third kappa shape index (κ3) is 4.01. The van der Waals surface area contributed by atoms with Crippen LogP contribution in [0.5, 0.6) is 5.75 Å². The van der Waals surface area contributed by atoms with E-state index in [1.165, 1.54) is 0 Å². The van der Waals surface area contributed by atoms with Crippen LogP contribution in [0.2, 0.25) is 0 Å². The molecule has 0 saturated carbocycles. The molecule has 6 heteroatoms. The van der Waals surface area contributed by atoms with Crippen molar-refractivity contribution in [2.45, 2.75) is 6.92 Å². The van der Waals surface area contributed by atoms with Crippen LogP contribution in [-0.2, 0) is 4.74 Å². The van der Waals surface area contributed by atoms with E-state index in [0.717, 1.165) is 22.7 Å². The van der Waals surface area contributed by atoms with Crippen LogP contribution in [-0.4, -0.2) is 42.9 Å². The molecule has 1 heterocycles. The predicted molar refractivity (Wildman–Crippen MR) is 107 cm³/mol. The molecule has 0 unspecified atom stereocenters. The van der Waals surface area contributed by atoms with E-state index in [4.69, 9.17) is 9.47 Å². The number of benzene rings is 2. The van der Waals surface area contributed by atoms with Crippen molar-refractivity contribution in [3.8, 4) is 22.7 Å². The maximum absolute atomic E-state index is 13.2. The van der Waals surface area contributed by atoms with Crippen molar-refractivity contribution in [3.63, 3.8) is 0 Å². The van der Waals surface area contributed by atoms with Crippen LogP contribution in [0.4, 0.5) is 0 Å². The molecule has 2 aromatic carbocycles. The summed E-state index contributed by atoms with van der Waals surface area (Å²) in [6.45, 7) is 2.86. The summed E-state index contributed by atoms with van der Waals surface area (Å²) in [7, 11) is 3.26. The molecule has 0 spiro atoms. The number of hydrogen-bond donors (Lipinski definition) is 1. The number of nitrogens with one attached hydrogen (secondary N) is 1. The molecule has 0 aliphatic carbocycles. The number of methoxy groups -OCH3 is 2. The molecule has 0 saturated heterocycles. The minimum absolute atomic E-state index is 0.134. The van der Waals surface area contributed by atoms with Gasteiger partial charge >= 0.3 is 0 Å². The van der Waals surface area contributed by atoms with Gasteiger partial charge in [0.1, 0.15) is 5.75 Å². The second-order valence-electron chi connectivity index (χ2n) is 6.03. The van der Waals surface area contributed by atoms with Crippen molar-refractivity contribution in [1.29, 1.82) is 0 Å². The van der Waals surface area contributed by atoms with Gasteiger partial charge in [-0.3, -0.25) is 14.9 Å². The summed E-state index contributed by atoms with van der Waals surface area (Å²) in [4.78, 5) is 17.7. The van der Waals surface area contributed by atoms with E-state index >= 15 is 0 Å². The van der Waals surface area contributed by atoms with Gasteiger partial charge in [0.15, 0.2) is 0 Å². The molecular formula is C21H23N3O3. The number of nitrogens with zero attached hydrogens (tertiary/aromatic N) is 2. The number of rotatable bonds is 7. The number of aromatic amines is 1. The highest BCUT2D eigenvalue weighted by atomic mass is 16.5. The van der Waals surface area contributed by atoms with Gasteiger partial charge in [-0.1, -0.05) is 18.2 Å². The summed E-state index contributed by atoms with van der Waals surface area (Å²) in [6.07, 6.45) is 0. The van der Waals surface area contributed by atoms with Gasteiger partial charge in [0.05, 0.1) is 37.2 Å². The van der Waals surface area contributed by atoms with Gasteiger partial charge in [-0.25, -0.2) is 4.68 Å². The number of aromatic nitrogens is 2. The zero-order chi connectivity index (χ0) is 19.2. The lowest BCUT2D eigenvalue weighted by Crippen LogP contribution is -2.20. The molecule has 6 nitrogen and oxygen atoms in total. The SMILES string of the molecule is COCCN=C(C)c1c(-c2ccc(OC)cc2)[nH]n(-c2ccccc2)c1=O. The Balaban J connectivity index is 2.15. The molecule has 0 atom stereocenters. The topological polar surface area (TPSA) is 68.6 Å². The van der Waals surface area contributed by atoms with Crippen LogP contribution in [0.25, 0.3) is 16.9 Å². The first kappa shape index (κ1) is 18.7. The van der Waals surface area contributed by atoms with Gasteiger partial charge in [0.25, 0.3) is 5.56 Å². The lowest BCUT2D eigenvalue weighted by Gasteiger charge is -2.05. The van der Waals surface area contributed by atoms with Gasteiger partial charge in [-0.15, -0.1) is 0 Å². The van der Waals surface area contributed by atoms with E-state index in [1.807, 2.05) is 61.5 Å². The molecule has 140 valence electrons. The van der Waals surface area contributed by atoms with Crippen LogP contribution in [0.15, 0.2) is 64.4 Å². The molecule has 0 fully saturated rings. The van der Waals surface area contributed by atoms with E-state index in [9.17, 15) is 4.79 Å². The predicted octanol–water partition coefficient (Wildman–Crippen LogP) is 3.30. The lowest BCUT2D eigenvalue weighted by molar-refractivity contribution is 0.208. The minimum atomic E-state index is -0.134. The molecule has 1 N–H and O–H groups in total. The van der Waals surface area contributed by atoms with Crippen LogP contribution in [0.3, 0.4) is 0 Å². The summed E-state index contributed by atoms with van der Waals surface area (Å²) >= 11 is 0. The quantitative estimate of drug-likeness (QED) is 0.516. The Labute approximate surface area is 158 Å². The number of ether oxygens (including phenoxy) is 2. The first-order valence-electron chi connectivity index (χ1n) is 8.71. The number of para-hydroxylation sites is 1. The van der Waals surface area contributed by atoms with Gasteiger partial charge in [0.2, 0.25) is 0 Å². The molecule has 1 aromatic heterocycles. The Hall–Kier alpha value is -3.12. The van der Waals surface area contributed by atoms with E-state index in [0.29, 0.717) is 24.4 Å². The summed E-state index contributed by atoms with van der Waals surface area (Å²) in [5.74, 6) is 0.760. The fraction of sp³-hybridized carbons (Fsp3) is 0.238. The van der Waals surface area contributed by atoms with E-state index in [1.54, 1.807) is 18.9 Å². The van der Waals surface area contributed by atoms with E-state index < -0.39 is 0 Å². The summed E-state index contributed by atoms with van der Waals surface area (Å²) in [5.41, 5.74) is 3.48. The van der Waals surface area contributed by atoms with Crippen LogP contribution in [0.1, 0.15) is 12.5 Å². The normalized spacial score (nSPS) is 11.6. The Morgan fingerprint density at radius 2 is 1.78 bits per heavy atom. The third-order valence-electron chi connectivity index (χ3n) is 4.29. The van der Waals surface area contributed by atoms with Crippen LogP contribution in [0, 0.1) is 0 Å². The average Bonchev–Trinajstić information content (AvgIpc) is 3.06. The standard InChI is InChI=1S/C21H23N3O3/c1-15(22-13-14-26-2)19-20(16-9-11-18(27-3)12-10-16)23-24(21(19)25)17-7-5-4-6-8-17/h4-12,23H,13-14H2,1-3H3. The Morgan fingerprint density at radius 3 is 2.41 bits per heavy atom. The molecule has 0 radical (unpaired) electrons. The summed E-state index contributed by atoms with van der Waals surface area (Å²) < 4.78 is 11.8. The van der Waals surface area contributed by atoms with Gasteiger partial charge in [-0.2, -0.15) is 0 Å². The lowest BCUT2D eigenvalue weighted by atomic mass is 10.1. The minimum Gasteiger partial charge on any atom is -0.497 e. The van der Waals surface area contributed by atoms with Gasteiger partial charge < -0.3 is 9.47 Å². The maximum atomic E-state index is 13.2. The second kappa shape index (κ2) is 8.51. The molecular weight excluding hydrogens is 342 g/mol. The number of H-pyrrole nitrogens is 1. The molecule has 0 aliphatic rings. The molecule has 0 amide bonds. The monoisotopic (exact) mass is 365 g/mol. The summed E-state index contributed by atoms with van der Waals surface area (Å²) in [5, 5.41) is 3.24. The highest BCUT2D eigenvalue weighted by molar-refractivity contribution is 6.03. The van der Waals surface area contributed by atoms with Gasteiger partial charge in [0, 0.05) is 18.4 Å². The maximum Gasteiger partial charge on any atom is 0.280 e. The smallest absolute Gasteiger partial charge is 0.280 e. The van der Waals surface area contributed by atoms with Crippen molar-refractivity contribution in [2.75, 3.05) is 27.4 Å². The van der Waals surface area contributed by atoms with Crippen LogP contribution >= 0.6 is 0 Å². The third-order valence-corrected chi connectivity index (χ3v) is 4.29. The molecule has 27 heavy (non-hydrogen) atoms. The van der Waals surface area contributed by atoms with E-state index in [-0.39, 0.29) is 5.56 Å². The zero-order valence-corrected chi connectivity index (χ0v) is 15.7. The molecule has 3 aromatic rings. The fourth-order valence-electron chi connectivity index (χ4n) is 2.88. The first-order valence-corrected chi connectivity index (χ1v) is 8.71. The van der Waals surface area contributed by atoms with E-state index in [2.05, 4.69) is 10.1 Å². The summed E-state index contributed by atoms with van der Waals surface area (Å²) in [6, 6.07) is 17.1. The number of hydrogen-bond acceptors (Lipinski definition) is 4. The van der Waals surface area contributed by atoms with Gasteiger partial charge in [-0.05, 0) is 43.3 Å². The second-order valence-corrected chi connectivity index (χ2v) is 6.03. The average molecular weight is 365 g/mol. The Morgan fingerprint density at radius 1 is 1.07 bits per heavy atom. The Kier molecular flexibility index (Phi) is 5.88. The highest BCUT2D eigenvalue weighted by Crippen LogP contribution is 2.24. The van der Waals surface area contributed by atoms with Crippen molar-refractivity contribution >= 4 is 5.71 Å². The van der Waals surface area contributed by atoms with Crippen molar-refractivity contribution < 1.29 is 9.47 Å². The molecule has 0 bridgehead atoms. The first-order chi connectivity index (χ1) is 13.2. The van der Waals surface area contributed by atoms with Crippen molar-refractivity contribution in [3.05, 3.63) is 70.5 Å². The Bertz CT molecular complexity index is 970. The zero-order valence-electron chi connectivity index (χ0n) is 15.7. The highest BCUT2D eigenvalue weighted by Gasteiger charge is 2.19. The van der Waals surface area contributed by atoms with Crippen molar-refractivity contribution in [2.24, 2.45) is 4.99 Å². The largest absolute Gasteiger partial charge is 0.497 e. The van der Waals surface area contributed by atoms with Crippen LogP contribution < -0.4 is 10.3 Å². The number of aliphatic imine (C=N–C) groups is 1.